The first-order chi connectivity index (χ1) is 10.7. The molecule has 0 saturated heterocycles. The van der Waals surface area contributed by atoms with Crippen LogP contribution < -0.4 is 0 Å². The van der Waals surface area contributed by atoms with Crippen molar-refractivity contribution in [3.63, 3.8) is 0 Å². The number of rotatable bonds is 4. The summed E-state index contributed by atoms with van der Waals surface area (Å²) in [5, 5.41) is 1.88. The molecule has 2 nitrogen and oxygen atoms in total. The molecule has 110 valence electrons. The Balaban J connectivity index is 1.67. The Morgan fingerprint density at radius 1 is 0.818 bits per heavy atom. The SMILES string of the molecule is Clc1ccc(CSc2ncc(-c3ccccc3)cn2)cc1Cl. The summed E-state index contributed by atoms with van der Waals surface area (Å²) in [6.45, 7) is 0. The Labute approximate surface area is 143 Å². The van der Waals surface area contributed by atoms with E-state index in [1.54, 1.807) is 17.8 Å². The lowest BCUT2D eigenvalue weighted by Gasteiger charge is -2.04. The number of nitrogens with zero attached hydrogens (tertiary/aromatic N) is 2. The third-order valence-corrected chi connectivity index (χ3v) is 4.77. The Kier molecular flexibility index (Phi) is 4.98. The first-order valence-corrected chi connectivity index (χ1v) is 8.41. The molecular formula is C17H12Cl2N2S. The average molecular weight is 347 g/mol. The summed E-state index contributed by atoms with van der Waals surface area (Å²) in [6.07, 6.45) is 3.69. The molecule has 0 radical (unpaired) electrons. The summed E-state index contributed by atoms with van der Waals surface area (Å²) in [5.41, 5.74) is 3.22. The molecule has 1 aromatic heterocycles. The van der Waals surface area contributed by atoms with Crippen molar-refractivity contribution in [3.05, 3.63) is 76.5 Å². The van der Waals surface area contributed by atoms with Gasteiger partial charge in [0.15, 0.2) is 5.16 Å². The van der Waals surface area contributed by atoms with Gasteiger partial charge in [-0.15, -0.1) is 0 Å². The summed E-state index contributed by atoms with van der Waals surface area (Å²) in [7, 11) is 0. The van der Waals surface area contributed by atoms with Gasteiger partial charge < -0.3 is 0 Å². The van der Waals surface area contributed by atoms with Crippen LogP contribution in [0.5, 0.6) is 0 Å². The zero-order chi connectivity index (χ0) is 15.4. The zero-order valence-corrected chi connectivity index (χ0v) is 13.9. The van der Waals surface area contributed by atoms with Gasteiger partial charge in [0.25, 0.3) is 0 Å². The van der Waals surface area contributed by atoms with Gasteiger partial charge in [-0.3, -0.25) is 0 Å². The van der Waals surface area contributed by atoms with Crippen LogP contribution in [-0.4, -0.2) is 9.97 Å². The number of halogens is 2. The summed E-state index contributed by atoms with van der Waals surface area (Å²) >= 11 is 13.5. The van der Waals surface area contributed by atoms with Crippen LogP contribution in [0, 0.1) is 0 Å². The average Bonchev–Trinajstić information content (AvgIpc) is 2.57. The van der Waals surface area contributed by atoms with Gasteiger partial charge in [-0.05, 0) is 23.3 Å². The van der Waals surface area contributed by atoms with Gasteiger partial charge in [-0.1, -0.05) is 71.4 Å². The highest BCUT2D eigenvalue weighted by molar-refractivity contribution is 7.98. The maximum Gasteiger partial charge on any atom is 0.187 e. The molecule has 22 heavy (non-hydrogen) atoms. The topological polar surface area (TPSA) is 25.8 Å². The van der Waals surface area contributed by atoms with Gasteiger partial charge in [-0.25, -0.2) is 9.97 Å². The fourth-order valence-corrected chi connectivity index (χ4v) is 3.00. The smallest absolute Gasteiger partial charge is 0.187 e. The first kappa shape index (κ1) is 15.3. The van der Waals surface area contributed by atoms with Crippen LogP contribution in [-0.2, 0) is 5.75 Å². The van der Waals surface area contributed by atoms with E-state index in [1.165, 1.54) is 0 Å². The molecule has 0 aliphatic heterocycles. The lowest BCUT2D eigenvalue weighted by atomic mass is 10.1. The van der Waals surface area contributed by atoms with Crippen molar-refractivity contribution in [3.8, 4) is 11.1 Å². The molecule has 0 spiro atoms. The highest BCUT2D eigenvalue weighted by Gasteiger charge is 2.04. The number of hydrogen-bond acceptors (Lipinski definition) is 3. The van der Waals surface area contributed by atoms with Crippen molar-refractivity contribution in [2.24, 2.45) is 0 Å². The summed E-state index contributed by atoms with van der Waals surface area (Å²) in [5.74, 6) is 0.752. The fourth-order valence-electron chi connectivity index (χ4n) is 1.95. The quantitative estimate of drug-likeness (QED) is 0.444. The molecule has 0 aliphatic rings. The minimum Gasteiger partial charge on any atom is -0.230 e. The second-order valence-electron chi connectivity index (χ2n) is 4.66. The van der Waals surface area contributed by atoms with E-state index in [0.717, 1.165) is 27.6 Å². The molecule has 5 heteroatoms. The van der Waals surface area contributed by atoms with Crippen LogP contribution in [0.25, 0.3) is 11.1 Å². The standard InChI is InChI=1S/C17H12Cl2N2S/c18-15-7-6-12(8-16(15)19)11-22-17-20-9-14(10-21-17)13-4-2-1-3-5-13/h1-10H,11H2. The van der Waals surface area contributed by atoms with Crippen LogP contribution in [0.15, 0.2) is 66.1 Å². The van der Waals surface area contributed by atoms with Crippen LogP contribution in [0.4, 0.5) is 0 Å². The van der Waals surface area contributed by atoms with Crippen molar-refractivity contribution in [1.29, 1.82) is 0 Å². The Morgan fingerprint density at radius 3 is 2.23 bits per heavy atom. The highest BCUT2D eigenvalue weighted by atomic mass is 35.5. The predicted molar refractivity (Wildman–Crippen MR) is 93.5 cm³/mol. The largest absolute Gasteiger partial charge is 0.230 e. The van der Waals surface area contributed by atoms with Gasteiger partial charge in [-0.2, -0.15) is 0 Å². The molecule has 2 aromatic carbocycles. The Hall–Kier alpha value is -1.55. The van der Waals surface area contributed by atoms with Gasteiger partial charge >= 0.3 is 0 Å². The number of aromatic nitrogens is 2. The molecule has 0 aliphatic carbocycles. The van der Waals surface area contributed by atoms with Crippen LogP contribution >= 0.6 is 35.0 Å². The fraction of sp³-hybridized carbons (Fsp3) is 0.0588. The molecular weight excluding hydrogens is 335 g/mol. The van der Waals surface area contributed by atoms with E-state index in [9.17, 15) is 0 Å². The lowest BCUT2D eigenvalue weighted by molar-refractivity contribution is 0.969. The van der Waals surface area contributed by atoms with Gasteiger partial charge in [0.1, 0.15) is 0 Å². The van der Waals surface area contributed by atoms with E-state index < -0.39 is 0 Å². The monoisotopic (exact) mass is 346 g/mol. The minimum atomic E-state index is 0.568. The molecule has 0 saturated carbocycles. The molecule has 0 bridgehead atoms. The predicted octanol–water partition coefficient (Wildman–Crippen LogP) is 5.74. The number of thioether (sulfide) groups is 1. The van der Waals surface area contributed by atoms with E-state index in [1.807, 2.05) is 54.9 Å². The number of hydrogen-bond donors (Lipinski definition) is 0. The minimum absolute atomic E-state index is 0.568. The number of benzene rings is 2. The molecule has 0 atom stereocenters. The molecule has 0 unspecified atom stereocenters. The van der Waals surface area contributed by atoms with E-state index in [4.69, 9.17) is 23.2 Å². The maximum absolute atomic E-state index is 6.01. The van der Waals surface area contributed by atoms with Crippen LogP contribution in [0.1, 0.15) is 5.56 Å². The lowest BCUT2D eigenvalue weighted by Crippen LogP contribution is -1.89. The summed E-state index contributed by atoms with van der Waals surface area (Å²) < 4.78 is 0. The van der Waals surface area contributed by atoms with Gasteiger partial charge in [0.2, 0.25) is 0 Å². The van der Waals surface area contributed by atoms with Crippen molar-refractivity contribution >= 4 is 35.0 Å². The van der Waals surface area contributed by atoms with Crippen molar-refractivity contribution in [2.75, 3.05) is 0 Å². The normalized spacial score (nSPS) is 10.6. The van der Waals surface area contributed by atoms with Crippen LogP contribution in [0.2, 0.25) is 10.0 Å². The molecule has 0 N–H and O–H groups in total. The van der Waals surface area contributed by atoms with E-state index >= 15 is 0 Å². The second-order valence-corrected chi connectivity index (χ2v) is 6.41. The van der Waals surface area contributed by atoms with Gasteiger partial charge in [0.05, 0.1) is 10.0 Å². The molecule has 3 rings (SSSR count). The molecule has 3 aromatic rings. The first-order valence-electron chi connectivity index (χ1n) is 6.66. The molecule has 0 fully saturated rings. The Morgan fingerprint density at radius 2 is 1.55 bits per heavy atom. The third kappa shape index (κ3) is 3.80. The zero-order valence-electron chi connectivity index (χ0n) is 11.5. The summed E-state index contributed by atoms with van der Waals surface area (Å²) in [6, 6.07) is 15.7. The third-order valence-electron chi connectivity index (χ3n) is 3.09. The maximum atomic E-state index is 6.01. The highest BCUT2D eigenvalue weighted by Crippen LogP contribution is 2.26. The van der Waals surface area contributed by atoms with Crippen LogP contribution in [0.3, 0.4) is 0 Å². The molecule has 0 amide bonds. The van der Waals surface area contributed by atoms with Gasteiger partial charge in [0, 0.05) is 23.7 Å². The molecule has 1 heterocycles. The summed E-state index contributed by atoms with van der Waals surface area (Å²) in [4.78, 5) is 8.81. The van der Waals surface area contributed by atoms with Crippen molar-refractivity contribution < 1.29 is 0 Å². The van der Waals surface area contributed by atoms with Crippen molar-refractivity contribution in [2.45, 2.75) is 10.9 Å². The van der Waals surface area contributed by atoms with E-state index in [-0.39, 0.29) is 0 Å². The van der Waals surface area contributed by atoms with E-state index in [2.05, 4.69) is 9.97 Å². The van der Waals surface area contributed by atoms with E-state index in [0.29, 0.717) is 10.0 Å². The van der Waals surface area contributed by atoms with Crippen molar-refractivity contribution in [1.82, 2.24) is 9.97 Å². The Bertz CT molecular complexity index is 761. The second kappa shape index (κ2) is 7.14.